The van der Waals surface area contributed by atoms with E-state index in [1.54, 1.807) is 36.9 Å². The molecule has 0 unspecified atom stereocenters. The third-order valence-corrected chi connectivity index (χ3v) is 7.59. The second-order valence-electron chi connectivity index (χ2n) is 11.0. The highest BCUT2D eigenvalue weighted by atomic mass is 16.7. The summed E-state index contributed by atoms with van der Waals surface area (Å²) in [6.45, 7) is 8.87. The van der Waals surface area contributed by atoms with Crippen molar-refractivity contribution in [2.45, 2.75) is 46.4 Å². The van der Waals surface area contributed by atoms with Gasteiger partial charge in [0.05, 0.1) is 23.9 Å². The van der Waals surface area contributed by atoms with Gasteiger partial charge in [-0.2, -0.15) is 0 Å². The quantitative estimate of drug-likeness (QED) is 0.361. The average Bonchev–Trinajstić information content (AvgIpc) is 3.56. The number of aliphatic hydroxyl groups excluding tert-OH is 1. The molecule has 0 saturated heterocycles. The number of amides is 3. The summed E-state index contributed by atoms with van der Waals surface area (Å²) >= 11 is 0. The van der Waals surface area contributed by atoms with E-state index in [1.807, 2.05) is 39.1 Å². The summed E-state index contributed by atoms with van der Waals surface area (Å²) in [7, 11) is 2.00. The van der Waals surface area contributed by atoms with Crippen LogP contribution in [0.2, 0.25) is 0 Å². The summed E-state index contributed by atoms with van der Waals surface area (Å²) in [6.07, 6.45) is -0.349. The Bertz CT molecular complexity index is 1440. The summed E-state index contributed by atoms with van der Waals surface area (Å²) in [5, 5.41) is 19.4. The lowest BCUT2D eigenvalue weighted by Gasteiger charge is -2.38. The molecule has 2 aliphatic rings. The van der Waals surface area contributed by atoms with E-state index in [4.69, 9.17) is 18.7 Å². The van der Waals surface area contributed by atoms with Crippen LogP contribution in [0.15, 0.2) is 40.9 Å². The fourth-order valence-corrected chi connectivity index (χ4v) is 5.21. The van der Waals surface area contributed by atoms with E-state index in [-0.39, 0.29) is 37.1 Å². The number of aliphatic hydroxyl groups is 1. The maximum atomic E-state index is 13.7. The van der Waals surface area contributed by atoms with Gasteiger partial charge in [-0.3, -0.25) is 9.69 Å². The van der Waals surface area contributed by atoms with E-state index in [9.17, 15) is 14.7 Å². The van der Waals surface area contributed by atoms with Crippen LogP contribution in [0.1, 0.15) is 41.2 Å². The molecule has 3 atom stereocenters. The van der Waals surface area contributed by atoms with Crippen molar-refractivity contribution >= 4 is 23.3 Å². The van der Waals surface area contributed by atoms with Gasteiger partial charge in [0.1, 0.15) is 17.5 Å². The Morgan fingerprint density at radius 3 is 2.71 bits per heavy atom. The summed E-state index contributed by atoms with van der Waals surface area (Å²) < 4.78 is 22.7. The molecule has 12 nitrogen and oxygen atoms in total. The van der Waals surface area contributed by atoms with Crippen molar-refractivity contribution in [3.8, 4) is 17.2 Å². The molecule has 3 heterocycles. The van der Waals surface area contributed by atoms with Crippen molar-refractivity contribution in [2.24, 2.45) is 5.92 Å². The first kappa shape index (κ1) is 29.2. The molecule has 2 aliphatic heterocycles. The first-order chi connectivity index (χ1) is 20.1. The summed E-state index contributed by atoms with van der Waals surface area (Å²) in [5.41, 5.74) is 2.73. The Labute approximate surface area is 244 Å². The zero-order valence-electron chi connectivity index (χ0n) is 24.5. The average molecular weight is 580 g/mol. The highest BCUT2D eigenvalue weighted by Gasteiger charge is 2.34. The minimum Gasteiger partial charge on any atom is -0.486 e. The molecule has 3 amide bonds. The predicted molar refractivity (Wildman–Crippen MR) is 155 cm³/mol. The molecule has 3 aromatic rings. The number of aryl methyl sites for hydroxylation is 2. The van der Waals surface area contributed by atoms with Crippen LogP contribution >= 0.6 is 0 Å². The van der Waals surface area contributed by atoms with Crippen LogP contribution in [-0.4, -0.2) is 77.7 Å². The molecule has 0 aliphatic carbocycles. The number of carbonyl (C=O) groups excluding carboxylic acids is 2. The normalized spacial score (nSPS) is 18.6. The fourth-order valence-electron chi connectivity index (χ4n) is 5.21. The molecule has 224 valence electrons. The van der Waals surface area contributed by atoms with Crippen LogP contribution in [0.4, 0.5) is 16.2 Å². The van der Waals surface area contributed by atoms with Crippen molar-refractivity contribution in [3.05, 3.63) is 59.0 Å². The van der Waals surface area contributed by atoms with Gasteiger partial charge in [-0.25, -0.2) is 4.79 Å². The van der Waals surface area contributed by atoms with Gasteiger partial charge in [-0.1, -0.05) is 24.2 Å². The minimum absolute atomic E-state index is 0.0977. The van der Waals surface area contributed by atoms with Crippen molar-refractivity contribution in [1.29, 1.82) is 0 Å². The lowest BCUT2D eigenvalue weighted by atomic mass is 9.99. The van der Waals surface area contributed by atoms with Crippen LogP contribution in [0.3, 0.4) is 0 Å². The summed E-state index contributed by atoms with van der Waals surface area (Å²) in [4.78, 5) is 30.6. The molecule has 1 aromatic heterocycles. The third-order valence-electron chi connectivity index (χ3n) is 7.59. The lowest BCUT2D eigenvalue weighted by Crippen LogP contribution is -2.49. The topological polar surface area (TPSA) is 139 Å². The van der Waals surface area contributed by atoms with Gasteiger partial charge < -0.3 is 39.4 Å². The van der Waals surface area contributed by atoms with E-state index in [2.05, 4.69) is 20.7 Å². The van der Waals surface area contributed by atoms with Gasteiger partial charge >= 0.3 is 6.03 Å². The number of hydrogen-bond acceptors (Lipinski definition) is 9. The van der Waals surface area contributed by atoms with E-state index in [0.717, 1.165) is 17.1 Å². The molecule has 0 bridgehead atoms. The first-order valence-corrected chi connectivity index (χ1v) is 13.9. The molecule has 0 saturated carbocycles. The molecule has 0 spiro atoms. The molecule has 0 radical (unpaired) electrons. The van der Waals surface area contributed by atoms with E-state index in [1.165, 1.54) is 0 Å². The molecule has 3 N–H and O–H groups in total. The number of ether oxygens (including phenoxy) is 3. The number of carbonyl (C=O) groups is 2. The van der Waals surface area contributed by atoms with Gasteiger partial charge in [0, 0.05) is 25.6 Å². The Kier molecular flexibility index (Phi) is 8.55. The monoisotopic (exact) mass is 579 g/mol. The number of likely N-dealkylation sites (N-methyl/N-ethyl adjacent to an activating group) is 1. The van der Waals surface area contributed by atoms with Crippen LogP contribution in [-0.2, 0) is 6.54 Å². The highest BCUT2D eigenvalue weighted by molar-refractivity contribution is 6.04. The fraction of sp³-hybridized carbons (Fsp3) is 0.433. The second-order valence-corrected chi connectivity index (χ2v) is 11.0. The standard InChI is InChI=1S/C30H37N5O7/c1-17-12-35(18(2)15-36)29(37)22-7-6-8-23(31-30(38)32-27-19(3)33-42-20(27)4)28(22)41-26(17)14-34(5)13-21-9-10-24-25(11-21)40-16-39-24/h6-11,17-18,26,36H,12-16H2,1-5H3,(H2,31,32,38)/t17-,18-,26+/m1/s1. The molecule has 0 fully saturated rings. The molecule has 2 aromatic carbocycles. The zero-order chi connectivity index (χ0) is 30.0. The van der Waals surface area contributed by atoms with Gasteiger partial charge in [0.2, 0.25) is 6.79 Å². The SMILES string of the molecule is Cc1noc(C)c1NC(=O)Nc1cccc2c1O[C@@H](CN(C)Cc1ccc3c(c1)OCO3)[C@H](C)CN([C@H](C)CO)C2=O. The minimum atomic E-state index is -0.527. The van der Waals surface area contributed by atoms with E-state index >= 15 is 0 Å². The number of anilines is 2. The van der Waals surface area contributed by atoms with Crippen molar-refractivity contribution in [2.75, 3.05) is 44.2 Å². The van der Waals surface area contributed by atoms with Crippen LogP contribution in [0, 0.1) is 19.8 Å². The molecule has 12 heteroatoms. The number of aromatic nitrogens is 1. The maximum Gasteiger partial charge on any atom is 0.323 e. The number of para-hydroxylation sites is 1. The van der Waals surface area contributed by atoms with Crippen LogP contribution in [0.25, 0.3) is 0 Å². The first-order valence-electron chi connectivity index (χ1n) is 13.9. The summed E-state index contributed by atoms with van der Waals surface area (Å²) in [5.74, 6) is 1.84. The number of benzene rings is 2. The predicted octanol–water partition coefficient (Wildman–Crippen LogP) is 4.02. The Hall–Kier alpha value is -4.29. The second kappa shape index (κ2) is 12.3. The maximum absolute atomic E-state index is 13.7. The lowest BCUT2D eigenvalue weighted by molar-refractivity contribution is 0.0343. The zero-order valence-corrected chi connectivity index (χ0v) is 24.5. The Balaban J connectivity index is 1.41. The smallest absolute Gasteiger partial charge is 0.323 e. The highest BCUT2D eigenvalue weighted by Crippen LogP contribution is 2.36. The Morgan fingerprint density at radius 1 is 1.19 bits per heavy atom. The van der Waals surface area contributed by atoms with Gasteiger partial charge in [-0.05, 0) is 57.6 Å². The van der Waals surface area contributed by atoms with E-state index < -0.39 is 12.1 Å². The largest absolute Gasteiger partial charge is 0.486 e. The van der Waals surface area contributed by atoms with Crippen molar-refractivity contribution in [3.63, 3.8) is 0 Å². The van der Waals surface area contributed by atoms with Gasteiger partial charge in [-0.15, -0.1) is 0 Å². The number of rotatable bonds is 8. The number of fused-ring (bicyclic) bond motifs is 2. The number of urea groups is 1. The van der Waals surface area contributed by atoms with Crippen molar-refractivity contribution < 1.29 is 33.4 Å². The van der Waals surface area contributed by atoms with Crippen molar-refractivity contribution in [1.82, 2.24) is 15.0 Å². The summed E-state index contributed by atoms with van der Waals surface area (Å²) in [6, 6.07) is 10.0. The molecule has 5 rings (SSSR count). The third kappa shape index (κ3) is 6.14. The molecule has 42 heavy (non-hydrogen) atoms. The van der Waals surface area contributed by atoms with E-state index in [0.29, 0.717) is 48.0 Å². The van der Waals surface area contributed by atoms with Gasteiger partial charge in [0.25, 0.3) is 5.91 Å². The Morgan fingerprint density at radius 2 is 1.98 bits per heavy atom. The van der Waals surface area contributed by atoms with Gasteiger partial charge in [0.15, 0.2) is 23.0 Å². The molecular weight excluding hydrogens is 542 g/mol. The van der Waals surface area contributed by atoms with Crippen LogP contribution in [0.5, 0.6) is 17.2 Å². The van der Waals surface area contributed by atoms with Crippen LogP contribution < -0.4 is 24.8 Å². The number of hydrogen-bond donors (Lipinski definition) is 3. The molecular formula is C30H37N5O7. The number of nitrogens with zero attached hydrogens (tertiary/aromatic N) is 3. The number of nitrogens with one attached hydrogen (secondary N) is 2.